The van der Waals surface area contributed by atoms with Crippen molar-refractivity contribution in [3.05, 3.63) is 68.1 Å². The molecule has 0 saturated heterocycles. The molecule has 30 heavy (non-hydrogen) atoms. The maximum absolute atomic E-state index is 13.1. The molecule has 0 fully saturated rings. The lowest BCUT2D eigenvalue weighted by molar-refractivity contribution is 0.102. The molecule has 0 radical (unpaired) electrons. The SMILES string of the molecule is CN(C)CCc1c2oc(=O)c(=O)oc3cc(o2)c1nc3NC(=O)c1ccc(F)cc1. The number of halogens is 1. The van der Waals surface area contributed by atoms with Crippen LogP contribution in [0.5, 0.6) is 0 Å². The molecule has 1 amide bonds. The largest absolute Gasteiger partial charge is 0.425 e. The van der Waals surface area contributed by atoms with Crippen molar-refractivity contribution in [1.29, 1.82) is 0 Å². The van der Waals surface area contributed by atoms with Gasteiger partial charge < -0.3 is 23.5 Å². The number of benzene rings is 1. The molecule has 10 heteroatoms. The average molecular weight is 413 g/mol. The standard InChI is InChI=1S/C20H16FN3O6/c1-24(2)8-7-12-15-13-9-14(28-18(26)19(27)30-20(12)29-13)16(22-15)23-17(25)10-3-5-11(21)6-4-10/h3-6,9H,7-8H2,1-2H3,(H,22,23,25). The molecule has 9 nitrogen and oxygen atoms in total. The summed E-state index contributed by atoms with van der Waals surface area (Å²) < 4.78 is 28.7. The van der Waals surface area contributed by atoms with Gasteiger partial charge in [-0.1, -0.05) is 0 Å². The van der Waals surface area contributed by atoms with Crippen LogP contribution < -0.4 is 16.6 Å². The summed E-state index contributed by atoms with van der Waals surface area (Å²) in [5, 5.41) is 2.53. The van der Waals surface area contributed by atoms with Crippen molar-refractivity contribution in [2.45, 2.75) is 6.42 Å². The number of likely N-dealkylation sites (N-methyl/N-ethyl adjacent to an activating group) is 1. The third-order valence-electron chi connectivity index (χ3n) is 4.39. The molecule has 0 unspecified atom stereocenters. The number of nitrogens with one attached hydrogen (secondary N) is 1. The van der Waals surface area contributed by atoms with E-state index in [0.29, 0.717) is 24.0 Å². The highest BCUT2D eigenvalue weighted by Gasteiger charge is 2.20. The predicted molar refractivity (Wildman–Crippen MR) is 105 cm³/mol. The van der Waals surface area contributed by atoms with Gasteiger partial charge in [-0.3, -0.25) is 4.79 Å². The monoisotopic (exact) mass is 413 g/mol. The first kappa shape index (κ1) is 19.5. The van der Waals surface area contributed by atoms with Crippen LogP contribution in [0.25, 0.3) is 22.5 Å². The Morgan fingerprint density at radius 3 is 2.47 bits per heavy atom. The first-order valence-electron chi connectivity index (χ1n) is 8.94. The second-order valence-electron chi connectivity index (χ2n) is 6.84. The number of carbonyl (C=O) groups excluding carboxylic acids is 1. The Bertz CT molecular complexity index is 1370. The Kier molecular flexibility index (Phi) is 4.92. The van der Waals surface area contributed by atoms with E-state index in [1.807, 2.05) is 19.0 Å². The fourth-order valence-corrected chi connectivity index (χ4v) is 2.88. The number of pyridine rings is 1. The first-order valence-corrected chi connectivity index (χ1v) is 8.94. The molecule has 3 heterocycles. The zero-order chi connectivity index (χ0) is 21.4. The van der Waals surface area contributed by atoms with Crippen molar-refractivity contribution < 1.29 is 22.4 Å². The van der Waals surface area contributed by atoms with Crippen LogP contribution in [0.15, 0.2) is 53.2 Å². The van der Waals surface area contributed by atoms with Gasteiger partial charge in [0.1, 0.15) is 11.3 Å². The molecule has 3 bridgehead atoms. The molecule has 0 aliphatic rings. The predicted octanol–water partition coefficient (Wildman–Crippen LogP) is 2.38. The minimum absolute atomic E-state index is 0.0849. The van der Waals surface area contributed by atoms with E-state index in [9.17, 15) is 18.8 Å². The maximum atomic E-state index is 13.1. The lowest BCUT2D eigenvalue weighted by atomic mass is 10.2. The van der Waals surface area contributed by atoms with Crippen LogP contribution in [-0.2, 0) is 6.42 Å². The van der Waals surface area contributed by atoms with Crippen LogP contribution >= 0.6 is 0 Å². The number of hydrogen-bond donors (Lipinski definition) is 1. The molecule has 0 aliphatic heterocycles. The average Bonchev–Trinajstić information content (AvgIpc) is 3.03. The third kappa shape index (κ3) is 3.72. The number of hydrogen-bond acceptors (Lipinski definition) is 8. The van der Waals surface area contributed by atoms with Gasteiger partial charge in [0.25, 0.3) is 11.7 Å². The Balaban J connectivity index is 1.89. The van der Waals surface area contributed by atoms with Gasteiger partial charge >= 0.3 is 11.3 Å². The van der Waals surface area contributed by atoms with E-state index < -0.39 is 23.0 Å². The molecule has 3 aromatic heterocycles. The highest BCUT2D eigenvalue weighted by Crippen LogP contribution is 2.29. The van der Waals surface area contributed by atoms with Gasteiger partial charge in [0, 0.05) is 18.2 Å². The van der Waals surface area contributed by atoms with Gasteiger partial charge in [-0.15, -0.1) is 0 Å². The van der Waals surface area contributed by atoms with E-state index in [2.05, 4.69) is 10.3 Å². The number of fused-ring (bicyclic) bond motifs is 2. The maximum Gasteiger partial charge on any atom is 0.425 e. The molecule has 4 aromatic rings. The fourth-order valence-electron chi connectivity index (χ4n) is 2.88. The summed E-state index contributed by atoms with van der Waals surface area (Å²) in [6, 6.07) is 6.23. The topological polar surface area (TPSA) is 119 Å². The lowest BCUT2D eigenvalue weighted by Crippen LogP contribution is -2.20. The molecule has 0 saturated carbocycles. The molecular weight excluding hydrogens is 397 g/mol. The van der Waals surface area contributed by atoms with E-state index in [-0.39, 0.29) is 28.3 Å². The third-order valence-corrected chi connectivity index (χ3v) is 4.39. The van der Waals surface area contributed by atoms with Gasteiger partial charge in [-0.05, 0) is 44.8 Å². The molecular formula is C20H16FN3O6. The highest BCUT2D eigenvalue weighted by molar-refractivity contribution is 6.06. The van der Waals surface area contributed by atoms with Crippen LogP contribution in [0.3, 0.4) is 0 Å². The molecule has 0 spiro atoms. The van der Waals surface area contributed by atoms with E-state index in [1.54, 1.807) is 0 Å². The number of rotatable bonds is 5. The molecule has 1 aromatic carbocycles. The van der Waals surface area contributed by atoms with E-state index in [4.69, 9.17) is 13.3 Å². The van der Waals surface area contributed by atoms with Crippen LogP contribution in [0.2, 0.25) is 0 Å². The van der Waals surface area contributed by atoms with Gasteiger partial charge in [0.2, 0.25) is 0 Å². The van der Waals surface area contributed by atoms with Crippen LogP contribution in [0.4, 0.5) is 10.2 Å². The summed E-state index contributed by atoms with van der Waals surface area (Å²) >= 11 is 0. The molecule has 4 rings (SSSR count). The van der Waals surface area contributed by atoms with Crippen molar-refractivity contribution in [3.8, 4) is 0 Å². The number of aromatic nitrogens is 1. The second kappa shape index (κ2) is 7.56. The van der Waals surface area contributed by atoms with Crippen LogP contribution in [0.1, 0.15) is 15.9 Å². The summed E-state index contributed by atoms with van der Waals surface area (Å²) in [6.45, 7) is 0.588. The zero-order valence-corrected chi connectivity index (χ0v) is 16.0. The van der Waals surface area contributed by atoms with Crippen molar-refractivity contribution >= 4 is 34.2 Å². The normalized spacial score (nSPS) is 11.5. The summed E-state index contributed by atoms with van der Waals surface area (Å²) in [6.07, 6.45) is 0.412. The van der Waals surface area contributed by atoms with Gasteiger partial charge in [-0.2, -0.15) is 0 Å². The first-order chi connectivity index (χ1) is 14.3. The van der Waals surface area contributed by atoms with Crippen molar-refractivity contribution in [2.75, 3.05) is 26.0 Å². The number of anilines is 1. The quantitative estimate of drug-likeness (QED) is 0.496. The fraction of sp³-hybridized carbons (Fsp3) is 0.200. The van der Waals surface area contributed by atoms with Gasteiger partial charge in [0.05, 0.1) is 5.56 Å². The molecule has 1 N–H and O–H groups in total. The minimum atomic E-state index is -1.29. The smallest absolute Gasteiger partial charge is 0.423 e. The summed E-state index contributed by atoms with van der Waals surface area (Å²) in [5.74, 6) is -1.32. The van der Waals surface area contributed by atoms with E-state index in [0.717, 1.165) is 12.1 Å². The molecule has 0 aliphatic carbocycles. The van der Waals surface area contributed by atoms with E-state index >= 15 is 0 Å². The molecule has 154 valence electrons. The zero-order valence-electron chi connectivity index (χ0n) is 16.0. The summed E-state index contributed by atoms with van der Waals surface area (Å²) in [4.78, 5) is 42.9. The Hall–Kier alpha value is -3.79. The number of furan rings is 1. The Morgan fingerprint density at radius 1 is 1.07 bits per heavy atom. The Morgan fingerprint density at radius 2 is 1.77 bits per heavy atom. The molecule has 0 atom stereocenters. The Labute approximate surface area is 167 Å². The van der Waals surface area contributed by atoms with Gasteiger partial charge in [0.15, 0.2) is 17.0 Å². The minimum Gasteiger partial charge on any atom is -0.423 e. The number of nitrogens with zero attached hydrogens (tertiary/aromatic N) is 2. The summed E-state index contributed by atoms with van der Waals surface area (Å²) in [7, 11) is 3.74. The van der Waals surface area contributed by atoms with E-state index in [1.165, 1.54) is 18.2 Å². The van der Waals surface area contributed by atoms with Crippen LogP contribution in [0, 0.1) is 5.82 Å². The highest BCUT2D eigenvalue weighted by atomic mass is 19.1. The van der Waals surface area contributed by atoms with Crippen LogP contribution in [-0.4, -0.2) is 36.4 Å². The second-order valence-corrected chi connectivity index (χ2v) is 6.84. The number of amides is 1. The lowest BCUT2D eigenvalue weighted by Gasteiger charge is -2.08. The summed E-state index contributed by atoms with van der Waals surface area (Å²) in [5.41, 5.74) is -1.49. The van der Waals surface area contributed by atoms with Crippen molar-refractivity contribution in [1.82, 2.24) is 9.88 Å². The van der Waals surface area contributed by atoms with Gasteiger partial charge in [-0.25, -0.2) is 19.0 Å². The number of carbonyl (C=O) groups is 1. The van der Waals surface area contributed by atoms with Crippen molar-refractivity contribution in [3.63, 3.8) is 0 Å². The van der Waals surface area contributed by atoms with Crippen molar-refractivity contribution in [2.24, 2.45) is 0 Å².